The van der Waals surface area contributed by atoms with E-state index < -0.39 is 0 Å². The van der Waals surface area contributed by atoms with E-state index in [9.17, 15) is 4.79 Å². The number of carbonyl (C=O) groups is 1. The average molecular weight is 287 g/mol. The second-order valence-corrected chi connectivity index (χ2v) is 5.55. The van der Waals surface area contributed by atoms with Crippen molar-refractivity contribution in [2.75, 3.05) is 20.6 Å². The Hall–Kier alpha value is -0.710. The highest BCUT2D eigenvalue weighted by molar-refractivity contribution is 7.80. The van der Waals surface area contributed by atoms with Gasteiger partial charge in [0.1, 0.15) is 0 Å². The molecule has 0 saturated heterocycles. The molecule has 1 rings (SSSR count). The molecular weight excluding hydrogens is 268 g/mol. The molecule has 0 aliphatic carbocycles. The highest BCUT2D eigenvalue weighted by atomic mass is 35.5. The van der Waals surface area contributed by atoms with Crippen molar-refractivity contribution in [3.63, 3.8) is 0 Å². The van der Waals surface area contributed by atoms with Gasteiger partial charge in [0.15, 0.2) is 0 Å². The van der Waals surface area contributed by atoms with Gasteiger partial charge in [-0.1, -0.05) is 11.6 Å². The van der Waals surface area contributed by atoms with Crippen LogP contribution >= 0.6 is 24.2 Å². The van der Waals surface area contributed by atoms with E-state index in [2.05, 4.69) is 22.8 Å². The summed E-state index contributed by atoms with van der Waals surface area (Å²) in [7, 11) is 4.02. The van der Waals surface area contributed by atoms with E-state index >= 15 is 0 Å². The summed E-state index contributed by atoms with van der Waals surface area (Å²) in [5.41, 5.74) is 0.473. The summed E-state index contributed by atoms with van der Waals surface area (Å²) in [5, 5.41) is 3.38. The summed E-state index contributed by atoms with van der Waals surface area (Å²) in [6.07, 6.45) is 0.900. The van der Waals surface area contributed by atoms with Crippen molar-refractivity contribution in [1.82, 2.24) is 10.2 Å². The number of amides is 1. The summed E-state index contributed by atoms with van der Waals surface area (Å²) in [6.45, 7) is 2.92. The quantitative estimate of drug-likeness (QED) is 0.816. The van der Waals surface area contributed by atoms with E-state index in [1.54, 1.807) is 18.2 Å². The molecule has 0 bridgehead atoms. The molecule has 1 N–H and O–H groups in total. The number of rotatable bonds is 5. The molecule has 1 atom stereocenters. The van der Waals surface area contributed by atoms with Gasteiger partial charge in [-0.2, -0.15) is 0 Å². The predicted molar refractivity (Wildman–Crippen MR) is 78.8 cm³/mol. The van der Waals surface area contributed by atoms with E-state index in [-0.39, 0.29) is 11.9 Å². The van der Waals surface area contributed by atoms with Crippen molar-refractivity contribution in [2.45, 2.75) is 24.3 Å². The number of carbonyl (C=O) groups excluding carboxylic acids is 1. The van der Waals surface area contributed by atoms with Crippen LogP contribution in [0.1, 0.15) is 23.7 Å². The predicted octanol–water partition coefficient (Wildman–Crippen LogP) is 2.70. The van der Waals surface area contributed by atoms with Gasteiger partial charge in [0.05, 0.1) is 10.6 Å². The third kappa shape index (κ3) is 4.88. The Kier molecular flexibility index (Phi) is 5.99. The Morgan fingerprint density at radius 3 is 2.78 bits per heavy atom. The molecule has 18 heavy (non-hydrogen) atoms. The maximum atomic E-state index is 12.0. The highest BCUT2D eigenvalue weighted by Gasteiger charge is 2.13. The minimum Gasteiger partial charge on any atom is -0.349 e. The SMILES string of the molecule is CC(CCN(C)C)NC(=O)c1cc(S)ccc1Cl. The molecule has 3 nitrogen and oxygen atoms in total. The molecule has 0 spiro atoms. The smallest absolute Gasteiger partial charge is 0.253 e. The molecule has 0 radical (unpaired) electrons. The zero-order chi connectivity index (χ0) is 13.7. The minimum atomic E-state index is -0.151. The van der Waals surface area contributed by atoms with E-state index in [1.165, 1.54) is 0 Å². The van der Waals surface area contributed by atoms with Crippen molar-refractivity contribution in [2.24, 2.45) is 0 Å². The zero-order valence-electron chi connectivity index (χ0n) is 10.9. The Balaban J connectivity index is 2.62. The maximum absolute atomic E-state index is 12.0. The molecule has 0 aromatic heterocycles. The van der Waals surface area contributed by atoms with Crippen LogP contribution < -0.4 is 5.32 Å². The Bertz CT molecular complexity index is 423. The molecule has 5 heteroatoms. The van der Waals surface area contributed by atoms with Crippen LogP contribution in [0.15, 0.2) is 23.1 Å². The van der Waals surface area contributed by atoms with Crippen LogP contribution in [0, 0.1) is 0 Å². The van der Waals surface area contributed by atoms with Gasteiger partial charge in [-0.15, -0.1) is 12.6 Å². The molecule has 1 aromatic rings. The first-order chi connectivity index (χ1) is 8.40. The number of benzene rings is 1. The second-order valence-electron chi connectivity index (χ2n) is 4.63. The number of hydrogen-bond acceptors (Lipinski definition) is 3. The van der Waals surface area contributed by atoms with Gasteiger partial charge in [0.2, 0.25) is 0 Å². The molecule has 0 heterocycles. The first-order valence-electron chi connectivity index (χ1n) is 5.84. The summed E-state index contributed by atoms with van der Waals surface area (Å²) >= 11 is 10.2. The van der Waals surface area contributed by atoms with Crippen LogP contribution in [0.25, 0.3) is 0 Å². The lowest BCUT2D eigenvalue weighted by atomic mass is 10.1. The molecule has 0 aliphatic heterocycles. The van der Waals surface area contributed by atoms with Crippen molar-refractivity contribution in [3.05, 3.63) is 28.8 Å². The van der Waals surface area contributed by atoms with Crippen LogP contribution in [-0.2, 0) is 0 Å². The number of halogens is 1. The fraction of sp³-hybridized carbons (Fsp3) is 0.462. The normalized spacial score (nSPS) is 12.6. The number of nitrogens with one attached hydrogen (secondary N) is 1. The van der Waals surface area contributed by atoms with Gasteiger partial charge >= 0.3 is 0 Å². The lowest BCUT2D eigenvalue weighted by Gasteiger charge is -2.17. The molecule has 1 unspecified atom stereocenters. The van der Waals surface area contributed by atoms with E-state index in [1.807, 2.05) is 21.0 Å². The van der Waals surface area contributed by atoms with Gasteiger partial charge in [0.25, 0.3) is 5.91 Å². The third-order valence-electron chi connectivity index (χ3n) is 2.58. The zero-order valence-corrected chi connectivity index (χ0v) is 12.6. The number of hydrogen-bond donors (Lipinski definition) is 2. The Morgan fingerprint density at radius 2 is 2.17 bits per heavy atom. The Labute approximate surface area is 119 Å². The van der Waals surface area contributed by atoms with Gasteiger partial charge in [-0.05, 0) is 52.2 Å². The van der Waals surface area contributed by atoms with Gasteiger partial charge in [-0.25, -0.2) is 0 Å². The van der Waals surface area contributed by atoms with E-state index in [4.69, 9.17) is 11.6 Å². The second kappa shape index (κ2) is 7.02. The lowest BCUT2D eigenvalue weighted by Crippen LogP contribution is -2.34. The summed E-state index contributed by atoms with van der Waals surface area (Å²) in [4.78, 5) is 14.8. The number of thiol groups is 1. The van der Waals surface area contributed by atoms with Crippen molar-refractivity contribution >= 4 is 30.1 Å². The minimum absolute atomic E-state index is 0.111. The topological polar surface area (TPSA) is 32.3 Å². The summed E-state index contributed by atoms with van der Waals surface area (Å²) < 4.78 is 0. The molecular formula is C13H19ClN2OS. The standard InChI is InChI=1S/C13H19ClN2OS/c1-9(6-7-16(2)3)15-13(17)11-8-10(18)4-5-12(11)14/h4-5,8-9,18H,6-7H2,1-3H3,(H,15,17). The largest absolute Gasteiger partial charge is 0.349 e. The first kappa shape index (κ1) is 15.3. The summed E-state index contributed by atoms with van der Waals surface area (Å²) in [6, 6.07) is 5.24. The molecule has 1 amide bonds. The van der Waals surface area contributed by atoms with E-state index in [0.29, 0.717) is 10.6 Å². The highest BCUT2D eigenvalue weighted by Crippen LogP contribution is 2.19. The van der Waals surface area contributed by atoms with Crippen LogP contribution in [0.4, 0.5) is 0 Å². The van der Waals surface area contributed by atoms with Gasteiger partial charge < -0.3 is 10.2 Å². The fourth-order valence-electron chi connectivity index (χ4n) is 1.51. The van der Waals surface area contributed by atoms with Crippen molar-refractivity contribution in [3.8, 4) is 0 Å². The third-order valence-corrected chi connectivity index (χ3v) is 3.19. The Morgan fingerprint density at radius 1 is 1.50 bits per heavy atom. The molecule has 1 aromatic carbocycles. The molecule has 100 valence electrons. The monoisotopic (exact) mass is 286 g/mol. The summed E-state index contributed by atoms with van der Waals surface area (Å²) in [5.74, 6) is -0.151. The van der Waals surface area contributed by atoms with Crippen LogP contribution in [-0.4, -0.2) is 37.5 Å². The number of nitrogens with zero attached hydrogens (tertiary/aromatic N) is 1. The average Bonchev–Trinajstić information content (AvgIpc) is 2.29. The van der Waals surface area contributed by atoms with Crippen LogP contribution in [0.5, 0.6) is 0 Å². The van der Waals surface area contributed by atoms with Crippen molar-refractivity contribution < 1.29 is 4.79 Å². The van der Waals surface area contributed by atoms with Gasteiger partial charge in [0, 0.05) is 10.9 Å². The van der Waals surface area contributed by atoms with E-state index in [0.717, 1.165) is 17.9 Å². The van der Waals surface area contributed by atoms with Crippen LogP contribution in [0.2, 0.25) is 5.02 Å². The lowest BCUT2D eigenvalue weighted by molar-refractivity contribution is 0.0936. The maximum Gasteiger partial charge on any atom is 0.253 e. The van der Waals surface area contributed by atoms with Gasteiger partial charge in [-0.3, -0.25) is 4.79 Å². The van der Waals surface area contributed by atoms with Crippen molar-refractivity contribution in [1.29, 1.82) is 0 Å². The molecule has 0 aliphatic rings. The fourth-order valence-corrected chi connectivity index (χ4v) is 1.92. The molecule has 0 saturated carbocycles. The molecule has 0 fully saturated rings. The first-order valence-corrected chi connectivity index (χ1v) is 6.66. The van der Waals surface area contributed by atoms with Crippen LogP contribution in [0.3, 0.4) is 0 Å².